The fraction of sp³-hybridized carbons (Fsp3) is 0.474. The van der Waals surface area contributed by atoms with Gasteiger partial charge in [0.25, 0.3) is 0 Å². The SMILES string of the molecule is CC12CCC(O)CC13C=CC1(C(C(=O)c4cc5ccccc5s4)=C3)C2CCC2(C)C1CCC2(O)CSc1n[nH]c(-c2ccncc2)n1. The van der Waals surface area contributed by atoms with E-state index < -0.39 is 16.4 Å². The van der Waals surface area contributed by atoms with Gasteiger partial charge < -0.3 is 10.2 Å². The Morgan fingerprint density at radius 3 is 2.62 bits per heavy atom. The maximum Gasteiger partial charge on any atom is 0.208 e. The van der Waals surface area contributed by atoms with Gasteiger partial charge in [-0.15, -0.1) is 16.4 Å². The second kappa shape index (κ2) is 10.2. The number of Topliss-reactive ketones (excluding diaryl/α,β-unsaturated/α-hetero) is 1. The number of aliphatic hydroxyl groups is 2. The van der Waals surface area contributed by atoms with Gasteiger partial charge in [-0.3, -0.25) is 14.9 Å². The van der Waals surface area contributed by atoms with Crippen molar-refractivity contribution in [3.05, 3.63) is 83.5 Å². The quantitative estimate of drug-likeness (QED) is 0.110. The van der Waals surface area contributed by atoms with E-state index in [0.29, 0.717) is 29.6 Å². The van der Waals surface area contributed by atoms with E-state index in [9.17, 15) is 15.0 Å². The second-order valence-corrected chi connectivity index (χ2v) is 17.3. The molecule has 8 unspecified atom stereocenters. The van der Waals surface area contributed by atoms with Crippen LogP contribution in [0.15, 0.2) is 83.8 Å². The number of nitrogens with zero attached hydrogens (tertiary/aromatic N) is 3. The molecule has 2 spiro atoms. The third kappa shape index (κ3) is 4.00. The first-order chi connectivity index (χ1) is 22.6. The summed E-state index contributed by atoms with van der Waals surface area (Å²) in [6, 6.07) is 14.1. The van der Waals surface area contributed by atoms with Crippen molar-refractivity contribution in [2.75, 3.05) is 5.75 Å². The summed E-state index contributed by atoms with van der Waals surface area (Å²) in [5, 5.41) is 32.9. The maximum absolute atomic E-state index is 14.9. The molecule has 3 heterocycles. The van der Waals surface area contributed by atoms with Crippen LogP contribution in [0.3, 0.4) is 0 Å². The summed E-state index contributed by atoms with van der Waals surface area (Å²) < 4.78 is 1.12. The largest absolute Gasteiger partial charge is 0.393 e. The Bertz CT molecular complexity index is 1940. The average Bonchev–Trinajstić information content (AvgIpc) is 3.80. The molecular formula is C38H40N4O3S2. The molecule has 3 aromatic heterocycles. The molecule has 0 radical (unpaired) electrons. The lowest BCUT2D eigenvalue weighted by molar-refractivity contribution is -0.166. The van der Waals surface area contributed by atoms with Gasteiger partial charge in [-0.2, -0.15) is 0 Å². The maximum atomic E-state index is 14.9. The van der Waals surface area contributed by atoms with Gasteiger partial charge in [-0.1, -0.05) is 62.0 Å². The number of allylic oxidation sites excluding steroid dienone is 4. The molecule has 2 bridgehead atoms. The Morgan fingerprint density at radius 2 is 1.79 bits per heavy atom. The lowest BCUT2D eigenvalue weighted by Gasteiger charge is -2.71. The Morgan fingerprint density at radius 1 is 1.02 bits per heavy atom. The van der Waals surface area contributed by atoms with Crippen molar-refractivity contribution in [2.24, 2.45) is 33.5 Å². The number of hydrogen-bond acceptors (Lipinski definition) is 8. The molecule has 8 atom stereocenters. The summed E-state index contributed by atoms with van der Waals surface area (Å²) in [5.41, 5.74) is -0.354. The van der Waals surface area contributed by atoms with Crippen LogP contribution in [0.5, 0.6) is 0 Å². The normalized spacial score (nSPS) is 38.6. The minimum absolute atomic E-state index is 0.0516. The molecule has 1 aromatic carbocycles. The number of thiophene rings is 1. The molecule has 0 aliphatic heterocycles. The number of carbonyl (C=O) groups is 1. The van der Waals surface area contributed by atoms with Crippen LogP contribution in [0.1, 0.15) is 68.5 Å². The molecule has 242 valence electrons. The van der Waals surface area contributed by atoms with Crippen LogP contribution in [0.25, 0.3) is 21.5 Å². The van der Waals surface area contributed by atoms with Crippen molar-refractivity contribution in [2.45, 2.75) is 75.7 Å². The van der Waals surface area contributed by atoms with Crippen molar-refractivity contribution in [3.63, 3.8) is 0 Å². The monoisotopic (exact) mass is 664 g/mol. The lowest BCUT2D eigenvalue weighted by Crippen LogP contribution is -2.67. The van der Waals surface area contributed by atoms with Gasteiger partial charge in [0.05, 0.1) is 16.6 Å². The van der Waals surface area contributed by atoms with E-state index in [1.807, 2.05) is 24.3 Å². The van der Waals surface area contributed by atoms with Gasteiger partial charge in [0.2, 0.25) is 5.16 Å². The highest BCUT2D eigenvalue weighted by atomic mass is 32.2. The minimum Gasteiger partial charge on any atom is -0.393 e. The fourth-order valence-corrected chi connectivity index (χ4v) is 13.1. The number of aromatic amines is 1. The minimum atomic E-state index is -0.936. The van der Waals surface area contributed by atoms with Crippen LogP contribution in [-0.2, 0) is 0 Å². The Hall–Kier alpha value is -3.11. The number of aliphatic hydroxyl groups excluding tert-OH is 1. The standard InChI is InChI=1S/C38H40N4O3S2/c1-34-12-7-25(43)20-36(34)15-16-38(26(21-36)31(44)28-19-24-5-3-4-6-27(24)47-28)29(34)8-13-35(2)30(38)9-14-37(35,45)22-46-33-40-32(41-42-33)23-10-17-39-18-11-23/h3-6,10-11,15-19,21,25,29-30,43,45H,7-9,12-14,20,22H2,1-2H3,(H,40,41,42). The topological polar surface area (TPSA) is 112 Å². The molecule has 3 saturated carbocycles. The number of thioether (sulfide) groups is 1. The first-order valence-corrected chi connectivity index (χ1v) is 18.7. The van der Waals surface area contributed by atoms with Crippen molar-refractivity contribution in [3.8, 4) is 11.4 Å². The number of pyridine rings is 1. The van der Waals surface area contributed by atoms with Gasteiger partial charge in [0, 0.05) is 50.2 Å². The zero-order valence-corrected chi connectivity index (χ0v) is 28.4. The third-order valence-electron chi connectivity index (χ3n) is 13.5. The summed E-state index contributed by atoms with van der Waals surface area (Å²) in [5.74, 6) is 1.70. The second-order valence-electron chi connectivity index (χ2n) is 15.3. The summed E-state index contributed by atoms with van der Waals surface area (Å²) in [4.78, 5) is 24.5. The zero-order chi connectivity index (χ0) is 32.2. The van der Waals surface area contributed by atoms with Gasteiger partial charge in [-0.25, -0.2) is 4.98 Å². The number of rotatable bonds is 6. The average molecular weight is 665 g/mol. The van der Waals surface area contributed by atoms with Crippen LogP contribution in [-0.4, -0.2) is 53.6 Å². The molecule has 10 rings (SSSR count). The summed E-state index contributed by atoms with van der Waals surface area (Å²) in [6.45, 7) is 4.72. The Balaban J connectivity index is 1.10. The van der Waals surface area contributed by atoms with Gasteiger partial charge in [0.15, 0.2) is 11.6 Å². The van der Waals surface area contributed by atoms with Crippen molar-refractivity contribution >= 4 is 39.0 Å². The predicted octanol–water partition coefficient (Wildman–Crippen LogP) is 7.65. The molecule has 47 heavy (non-hydrogen) atoms. The van der Waals surface area contributed by atoms with E-state index in [4.69, 9.17) is 4.98 Å². The lowest BCUT2D eigenvalue weighted by atomic mass is 9.33. The zero-order valence-electron chi connectivity index (χ0n) is 26.8. The highest BCUT2D eigenvalue weighted by molar-refractivity contribution is 7.99. The molecule has 0 amide bonds. The molecule has 4 aromatic rings. The highest BCUT2D eigenvalue weighted by Crippen LogP contribution is 2.78. The number of ketones is 1. The first kappa shape index (κ1) is 30.0. The molecule has 6 aliphatic rings. The number of benzene rings is 1. The van der Waals surface area contributed by atoms with Crippen LogP contribution in [0, 0.1) is 33.5 Å². The van der Waals surface area contributed by atoms with Crippen LogP contribution >= 0.6 is 23.1 Å². The van der Waals surface area contributed by atoms with E-state index in [0.717, 1.165) is 58.2 Å². The Kier molecular flexibility index (Phi) is 6.51. The van der Waals surface area contributed by atoms with Crippen molar-refractivity contribution in [1.82, 2.24) is 20.2 Å². The highest BCUT2D eigenvalue weighted by Gasteiger charge is 2.74. The summed E-state index contributed by atoms with van der Waals surface area (Å²) >= 11 is 3.09. The van der Waals surface area contributed by atoms with Gasteiger partial charge >= 0.3 is 0 Å². The number of H-pyrrole nitrogens is 1. The fourth-order valence-electron chi connectivity index (χ4n) is 10.9. The van der Waals surface area contributed by atoms with Gasteiger partial charge in [0.1, 0.15) is 0 Å². The van der Waals surface area contributed by atoms with Crippen LogP contribution in [0.2, 0.25) is 0 Å². The predicted molar refractivity (Wildman–Crippen MR) is 185 cm³/mol. The molecule has 9 heteroatoms. The molecule has 6 aliphatic carbocycles. The first-order valence-electron chi connectivity index (χ1n) is 16.9. The number of hydrogen-bond donors (Lipinski definition) is 3. The third-order valence-corrected chi connectivity index (χ3v) is 15.6. The van der Waals surface area contributed by atoms with E-state index in [1.54, 1.807) is 23.7 Å². The Labute approximate surface area is 283 Å². The summed E-state index contributed by atoms with van der Waals surface area (Å²) in [7, 11) is 0. The van der Waals surface area contributed by atoms with Crippen molar-refractivity contribution < 1.29 is 15.0 Å². The van der Waals surface area contributed by atoms with E-state index in [2.05, 4.69) is 65.5 Å². The van der Waals surface area contributed by atoms with Crippen molar-refractivity contribution in [1.29, 1.82) is 0 Å². The molecule has 3 N–H and O–H groups in total. The number of nitrogens with one attached hydrogen (secondary N) is 1. The number of fused-ring (bicyclic) bond motifs is 2. The number of aromatic nitrogens is 4. The van der Waals surface area contributed by atoms with Crippen LogP contribution in [0.4, 0.5) is 0 Å². The summed E-state index contributed by atoms with van der Waals surface area (Å²) in [6.07, 6.45) is 16.0. The molecular weight excluding hydrogens is 625 g/mol. The van der Waals surface area contributed by atoms with E-state index in [-0.39, 0.29) is 34.6 Å². The van der Waals surface area contributed by atoms with Crippen LogP contribution < -0.4 is 0 Å². The van der Waals surface area contributed by atoms with E-state index in [1.165, 1.54) is 11.8 Å². The molecule has 3 fully saturated rings. The molecule has 0 saturated heterocycles. The number of carbonyl (C=O) groups excluding carboxylic acids is 1. The van der Waals surface area contributed by atoms with Gasteiger partial charge in [-0.05, 0) is 91.8 Å². The van der Waals surface area contributed by atoms with E-state index >= 15 is 0 Å². The molecule has 7 nitrogen and oxygen atoms in total. The smallest absolute Gasteiger partial charge is 0.208 e.